The van der Waals surface area contributed by atoms with Crippen LogP contribution in [0.15, 0.2) is 29.4 Å². The van der Waals surface area contributed by atoms with Gasteiger partial charge in [-0.1, -0.05) is 62.2 Å². The third kappa shape index (κ3) is 5.68. The molecule has 2 fully saturated rings. The van der Waals surface area contributed by atoms with E-state index in [9.17, 15) is 9.60 Å². The molecule has 150 valence electrons. The zero-order valence-electron chi connectivity index (χ0n) is 16.5. The van der Waals surface area contributed by atoms with Crippen LogP contribution in [0.3, 0.4) is 0 Å². The second-order valence-electron chi connectivity index (χ2n) is 7.95. The lowest BCUT2D eigenvalue weighted by atomic mass is 9.95. The number of halogens is 1. The molecule has 0 radical (unpaired) electrons. The summed E-state index contributed by atoms with van der Waals surface area (Å²) in [4.78, 5) is 4.59. The molecule has 1 aromatic carbocycles. The number of oxime groups is 1. The quantitative estimate of drug-likeness (QED) is 0.580. The number of piperazine rings is 1. The Bertz CT molecular complexity index is 599. The van der Waals surface area contributed by atoms with E-state index in [0.717, 1.165) is 51.2 Å². The van der Waals surface area contributed by atoms with Gasteiger partial charge in [-0.25, -0.2) is 4.39 Å². The second kappa shape index (κ2) is 10.6. The molecule has 0 bridgehead atoms. The Kier molecular flexibility index (Phi) is 7.93. The van der Waals surface area contributed by atoms with Gasteiger partial charge < -0.3 is 10.1 Å². The number of hydrogen-bond acceptors (Lipinski definition) is 4. The molecule has 1 unspecified atom stereocenters. The van der Waals surface area contributed by atoms with Crippen LogP contribution in [-0.4, -0.2) is 48.0 Å². The number of rotatable bonds is 2. The summed E-state index contributed by atoms with van der Waals surface area (Å²) in [5.74, 6) is -0.144. The fourth-order valence-corrected chi connectivity index (χ4v) is 4.53. The van der Waals surface area contributed by atoms with Gasteiger partial charge in [-0.3, -0.25) is 4.90 Å². The minimum absolute atomic E-state index is 0.144. The monoisotopic (exact) mass is 375 g/mol. The number of nitrogens with zero attached hydrogens (tertiary/aromatic N) is 3. The van der Waals surface area contributed by atoms with E-state index in [1.54, 1.807) is 6.07 Å². The minimum Gasteiger partial charge on any atom is -0.411 e. The molecule has 4 nitrogen and oxygen atoms in total. The summed E-state index contributed by atoms with van der Waals surface area (Å²) in [6.45, 7) is 3.41. The Morgan fingerprint density at radius 3 is 2.15 bits per heavy atom. The molecule has 1 heterocycles. The highest BCUT2D eigenvalue weighted by molar-refractivity contribution is 5.89. The van der Waals surface area contributed by atoms with Crippen LogP contribution in [0, 0.1) is 5.82 Å². The maximum atomic E-state index is 14.1. The van der Waals surface area contributed by atoms with Crippen molar-refractivity contribution in [3.8, 4) is 0 Å². The summed E-state index contributed by atoms with van der Waals surface area (Å²) in [7, 11) is 0. The van der Waals surface area contributed by atoms with Gasteiger partial charge in [0.05, 0.1) is 17.4 Å². The van der Waals surface area contributed by atoms with E-state index in [1.807, 2.05) is 12.1 Å². The molecule has 1 saturated carbocycles. The standard InChI is InChI=1S/C22H34FN3O/c23-19-11-9-10-13-21(19)25-15-17-26(18-16-25)22-14-8-6-4-2-1-3-5-7-12-20(22)24-27/h9-11,13,22,27H,1-8,12,14-18H2. The Balaban J connectivity index is 1.62. The van der Waals surface area contributed by atoms with Gasteiger partial charge in [-0.05, 0) is 31.4 Å². The highest BCUT2D eigenvalue weighted by Gasteiger charge is 2.28. The summed E-state index contributed by atoms with van der Waals surface area (Å²) in [6.07, 6.45) is 12.1. The van der Waals surface area contributed by atoms with E-state index in [-0.39, 0.29) is 11.9 Å². The molecular formula is C22H34FN3O. The van der Waals surface area contributed by atoms with E-state index in [1.165, 1.54) is 51.0 Å². The summed E-state index contributed by atoms with van der Waals surface area (Å²) >= 11 is 0. The topological polar surface area (TPSA) is 39.1 Å². The predicted octanol–water partition coefficient (Wildman–Crippen LogP) is 5.06. The van der Waals surface area contributed by atoms with E-state index < -0.39 is 0 Å². The zero-order valence-corrected chi connectivity index (χ0v) is 16.5. The largest absolute Gasteiger partial charge is 0.411 e. The SMILES string of the molecule is ON=C1CCCCCCCCCCC1N1CCN(c2ccccc2F)CC1. The number of benzene rings is 1. The molecular weight excluding hydrogens is 341 g/mol. The molecule has 27 heavy (non-hydrogen) atoms. The lowest BCUT2D eigenvalue weighted by Crippen LogP contribution is -2.53. The lowest BCUT2D eigenvalue weighted by Gasteiger charge is -2.40. The Morgan fingerprint density at radius 2 is 1.48 bits per heavy atom. The molecule has 3 rings (SSSR count). The first-order valence-corrected chi connectivity index (χ1v) is 10.7. The van der Waals surface area contributed by atoms with Crippen molar-refractivity contribution in [1.29, 1.82) is 0 Å². The summed E-state index contributed by atoms with van der Waals surface area (Å²) < 4.78 is 14.1. The maximum absolute atomic E-state index is 14.1. The Morgan fingerprint density at radius 1 is 0.852 bits per heavy atom. The van der Waals surface area contributed by atoms with Crippen LogP contribution in [0.2, 0.25) is 0 Å². The van der Waals surface area contributed by atoms with Crippen molar-refractivity contribution in [2.75, 3.05) is 31.1 Å². The predicted molar refractivity (Wildman–Crippen MR) is 109 cm³/mol. The van der Waals surface area contributed by atoms with Crippen molar-refractivity contribution in [2.45, 2.75) is 70.3 Å². The van der Waals surface area contributed by atoms with Gasteiger partial charge in [0, 0.05) is 26.2 Å². The van der Waals surface area contributed by atoms with Crippen molar-refractivity contribution in [2.24, 2.45) is 5.16 Å². The zero-order chi connectivity index (χ0) is 18.9. The number of para-hydroxylation sites is 1. The van der Waals surface area contributed by atoms with Crippen LogP contribution in [-0.2, 0) is 0 Å². The fraction of sp³-hybridized carbons (Fsp3) is 0.682. The molecule has 2 aliphatic rings. The summed E-state index contributed by atoms with van der Waals surface area (Å²) in [6, 6.07) is 7.27. The van der Waals surface area contributed by atoms with Crippen LogP contribution in [0.5, 0.6) is 0 Å². The molecule has 1 saturated heterocycles. The van der Waals surface area contributed by atoms with Crippen LogP contribution < -0.4 is 4.90 Å². The highest BCUT2D eigenvalue weighted by atomic mass is 19.1. The number of hydrogen-bond donors (Lipinski definition) is 1. The van der Waals surface area contributed by atoms with E-state index in [4.69, 9.17) is 0 Å². The second-order valence-corrected chi connectivity index (χ2v) is 7.95. The normalized spacial score (nSPS) is 25.7. The van der Waals surface area contributed by atoms with Gasteiger partial charge in [0.1, 0.15) is 5.82 Å². The van der Waals surface area contributed by atoms with Crippen molar-refractivity contribution >= 4 is 11.4 Å². The number of anilines is 1. The first kappa shape index (κ1) is 20.1. The van der Waals surface area contributed by atoms with Gasteiger partial charge >= 0.3 is 0 Å². The molecule has 1 aromatic rings. The molecule has 1 atom stereocenters. The fourth-order valence-electron chi connectivity index (χ4n) is 4.53. The van der Waals surface area contributed by atoms with Gasteiger partial charge in [0.2, 0.25) is 0 Å². The van der Waals surface area contributed by atoms with E-state index in [0.29, 0.717) is 5.69 Å². The van der Waals surface area contributed by atoms with Crippen LogP contribution >= 0.6 is 0 Å². The first-order chi connectivity index (χ1) is 13.3. The van der Waals surface area contributed by atoms with Gasteiger partial charge in [-0.2, -0.15) is 0 Å². The van der Waals surface area contributed by atoms with Crippen molar-refractivity contribution in [3.05, 3.63) is 30.1 Å². The summed E-state index contributed by atoms with van der Waals surface area (Å²) in [5.41, 5.74) is 1.65. The third-order valence-electron chi connectivity index (χ3n) is 6.12. The summed E-state index contributed by atoms with van der Waals surface area (Å²) in [5, 5.41) is 13.4. The van der Waals surface area contributed by atoms with Gasteiger partial charge in [0.25, 0.3) is 0 Å². The molecule has 0 amide bonds. The van der Waals surface area contributed by atoms with Gasteiger partial charge in [-0.15, -0.1) is 0 Å². The van der Waals surface area contributed by atoms with Crippen LogP contribution in [0.4, 0.5) is 10.1 Å². The van der Waals surface area contributed by atoms with Gasteiger partial charge in [0.15, 0.2) is 0 Å². The molecule has 0 aromatic heterocycles. The van der Waals surface area contributed by atoms with Crippen molar-refractivity contribution < 1.29 is 9.60 Å². The minimum atomic E-state index is -0.144. The van der Waals surface area contributed by atoms with Crippen molar-refractivity contribution in [3.63, 3.8) is 0 Å². The van der Waals surface area contributed by atoms with Crippen LogP contribution in [0.25, 0.3) is 0 Å². The average Bonchev–Trinajstić information content (AvgIpc) is 2.69. The first-order valence-electron chi connectivity index (χ1n) is 10.7. The highest BCUT2D eigenvalue weighted by Crippen LogP contribution is 2.24. The Labute approximate surface area is 163 Å². The molecule has 1 N–H and O–H groups in total. The van der Waals surface area contributed by atoms with E-state index in [2.05, 4.69) is 15.0 Å². The molecule has 1 aliphatic carbocycles. The molecule has 5 heteroatoms. The van der Waals surface area contributed by atoms with E-state index >= 15 is 0 Å². The van der Waals surface area contributed by atoms with Crippen molar-refractivity contribution in [1.82, 2.24) is 4.90 Å². The molecule has 0 spiro atoms. The third-order valence-corrected chi connectivity index (χ3v) is 6.12. The maximum Gasteiger partial charge on any atom is 0.146 e. The molecule has 1 aliphatic heterocycles. The lowest BCUT2D eigenvalue weighted by molar-refractivity contribution is 0.207. The Hall–Kier alpha value is -1.62. The average molecular weight is 376 g/mol. The van der Waals surface area contributed by atoms with Crippen LogP contribution in [0.1, 0.15) is 64.2 Å². The smallest absolute Gasteiger partial charge is 0.146 e.